The van der Waals surface area contributed by atoms with Gasteiger partial charge in [-0.25, -0.2) is 9.79 Å². The molecule has 1 aromatic heterocycles. The Kier molecular flexibility index (Phi) is 7.73. The van der Waals surface area contributed by atoms with Crippen molar-refractivity contribution in [3.05, 3.63) is 70.3 Å². The summed E-state index contributed by atoms with van der Waals surface area (Å²) in [5, 5.41) is 5.45. The number of allylic oxidation sites excluding steroid dienone is 1. The third-order valence-electron chi connectivity index (χ3n) is 5.67. The number of methoxy groups -OCH3 is 2. The largest absolute Gasteiger partial charge is 0.493 e. The van der Waals surface area contributed by atoms with Crippen LogP contribution in [0, 0.1) is 0 Å². The lowest BCUT2D eigenvalue weighted by molar-refractivity contribution is -0.143. The number of nitrogens with one attached hydrogen (secondary N) is 1. The molecule has 1 aromatic carbocycles. The monoisotopic (exact) mass is 511 g/mol. The fourth-order valence-corrected chi connectivity index (χ4v) is 5.04. The first-order valence-corrected chi connectivity index (χ1v) is 12.4. The number of thioether (sulfide) groups is 1. The molecule has 0 aliphatic carbocycles. The van der Waals surface area contributed by atoms with Crippen molar-refractivity contribution < 1.29 is 28.2 Å². The van der Waals surface area contributed by atoms with E-state index in [-0.39, 0.29) is 25.0 Å². The normalized spacial score (nSPS) is 16.9. The third-order valence-corrected chi connectivity index (χ3v) is 6.56. The highest BCUT2D eigenvalue weighted by molar-refractivity contribution is 8.16. The fourth-order valence-electron chi connectivity index (χ4n) is 4.07. The summed E-state index contributed by atoms with van der Waals surface area (Å²) in [5.74, 6) is 1.13. The summed E-state index contributed by atoms with van der Waals surface area (Å²) in [4.78, 5) is 32.7. The number of aliphatic imine (C=N–C) groups is 1. The lowest BCUT2D eigenvalue weighted by Gasteiger charge is -2.36. The van der Waals surface area contributed by atoms with E-state index >= 15 is 0 Å². The van der Waals surface area contributed by atoms with Crippen molar-refractivity contribution in [3.8, 4) is 11.5 Å². The van der Waals surface area contributed by atoms with E-state index < -0.39 is 12.0 Å². The fraction of sp³-hybridized carbons (Fsp3) is 0.346. The number of nitrogens with zero attached hydrogens (tertiary/aromatic N) is 2. The maximum absolute atomic E-state index is 13.3. The van der Waals surface area contributed by atoms with E-state index in [4.69, 9.17) is 18.6 Å². The second-order valence-electron chi connectivity index (χ2n) is 8.49. The van der Waals surface area contributed by atoms with Gasteiger partial charge in [-0.15, -0.1) is 0 Å². The predicted octanol–water partition coefficient (Wildman–Crippen LogP) is 4.53. The molecule has 1 atom stereocenters. The average molecular weight is 512 g/mol. The number of hydrogen-bond acceptors (Lipinski definition) is 9. The van der Waals surface area contributed by atoms with Crippen LogP contribution < -0.4 is 14.8 Å². The lowest BCUT2D eigenvalue weighted by atomic mass is 9.93. The van der Waals surface area contributed by atoms with Gasteiger partial charge in [-0.1, -0.05) is 17.8 Å². The van der Waals surface area contributed by atoms with Crippen molar-refractivity contribution >= 4 is 28.8 Å². The lowest BCUT2D eigenvalue weighted by Crippen LogP contribution is -2.38. The first-order valence-electron chi connectivity index (χ1n) is 11.5. The Bertz CT molecular complexity index is 1230. The van der Waals surface area contributed by atoms with Crippen LogP contribution in [0.5, 0.6) is 11.5 Å². The highest BCUT2D eigenvalue weighted by atomic mass is 32.2. The molecular weight excluding hydrogens is 482 g/mol. The number of carbonyl (C=O) groups excluding carboxylic acids is 2. The molecule has 4 rings (SSSR count). The Morgan fingerprint density at radius 1 is 1.19 bits per heavy atom. The molecule has 2 aliphatic rings. The van der Waals surface area contributed by atoms with Gasteiger partial charge in [0, 0.05) is 5.70 Å². The number of rotatable bonds is 9. The van der Waals surface area contributed by atoms with E-state index in [2.05, 4.69) is 10.3 Å². The van der Waals surface area contributed by atoms with E-state index in [0.717, 1.165) is 11.3 Å². The van der Waals surface area contributed by atoms with Crippen LogP contribution in [0.4, 0.5) is 0 Å². The zero-order valence-corrected chi connectivity index (χ0v) is 21.7. The van der Waals surface area contributed by atoms with Gasteiger partial charge in [0.25, 0.3) is 0 Å². The highest BCUT2D eigenvalue weighted by Gasteiger charge is 2.41. The Balaban J connectivity index is 1.69. The molecule has 2 aromatic rings. The molecule has 36 heavy (non-hydrogen) atoms. The first-order chi connectivity index (χ1) is 17.3. The zero-order chi connectivity index (χ0) is 25.8. The van der Waals surface area contributed by atoms with Gasteiger partial charge >= 0.3 is 5.97 Å². The molecule has 3 heterocycles. The molecule has 0 bridgehead atoms. The number of carbonyl (C=O) groups is 2. The van der Waals surface area contributed by atoms with Crippen LogP contribution in [-0.2, 0) is 20.9 Å². The molecule has 190 valence electrons. The van der Waals surface area contributed by atoms with Crippen molar-refractivity contribution in [1.82, 2.24) is 10.2 Å². The number of amidine groups is 1. The van der Waals surface area contributed by atoms with Gasteiger partial charge in [-0.3, -0.25) is 4.79 Å². The molecule has 0 saturated heterocycles. The molecule has 0 spiro atoms. The number of ether oxygens (including phenoxy) is 3. The summed E-state index contributed by atoms with van der Waals surface area (Å²) in [7, 11) is 3.13. The Morgan fingerprint density at radius 2 is 1.97 bits per heavy atom. The Hall–Kier alpha value is -3.66. The van der Waals surface area contributed by atoms with Crippen molar-refractivity contribution in [2.45, 2.75) is 45.9 Å². The van der Waals surface area contributed by atoms with Gasteiger partial charge in [0.1, 0.15) is 5.76 Å². The Morgan fingerprint density at radius 3 is 2.64 bits per heavy atom. The van der Waals surface area contributed by atoms with Crippen LogP contribution >= 0.6 is 11.8 Å². The van der Waals surface area contributed by atoms with Crippen LogP contribution in [-0.4, -0.2) is 42.3 Å². The summed E-state index contributed by atoms with van der Waals surface area (Å²) >= 11 is 1.41. The van der Waals surface area contributed by atoms with E-state index in [1.54, 1.807) is 59.5 Å². The minimum Gasteiger partial charge on any atom is -0.493 e. The molecular formula is C26H29N3O6S. The van der Waals surface area contributed by atoms with Crippen molar-refractivity contribution in [2.24, 2.45) is 4.99 Å². The van der Waals surface area contributed by atoms with Crippen LogP contribution in [0.25, 0.3) is 0 Å². The van der Waals surface area contributed by atoms with Crippen LogP contribution in [0.2, 0.25) is 0 Å². The Labute approximate surface area is 214 Å². The van der Waals surface area contributed by atoms with Crippen molar-refractivity contribution in [2.75, 3.05) is 14.2 Å². The second kappa shape index (κ2) is 10.9. The van der Waals surface area contributed by atoms with E-state index in [9.17, 15) is 9.59 Å². The number of esters is 1. The SMILES string of the molecule is COc1ccc(C2C(C(=O)OC(C)C)=C(C)N=C3SC=C(CC(=O)NCc4ccco4)N32)cc1OC. The summed E-state index contributed by atoms with van der Waals surface area (Å²) < 4.78 is 21.8. The third kappa shape index (κ3) is 5.28. The van der Waals surface area contributed by atoms with Gasteiger partial charge < -0.3 is 28.8 Å². The van der Waals surface area contributed by atoms with Gasteiger partial charge in [-0.2, -0.15) is 0 Å². The minimum atomic E-state index is -0.567. The maximum Gasteiger partial charge on any atom is 0.338 e. The number of amides is 1. The number of hydrogen-bond donors (Lipinski definition) is 1. The first kappa shape index (κ1) is 25.4. The van der Waals surface area contributed by atoms with Gasteiger partial charge in [-0.05, 0) is 56.0 Å². The molecule has 1 N–H and O–H groups in total. The predicted molar refractivity (Wildman–Crippen MR) is 136 cm³/mol. The molecule has 1 unspecified atom stereocenters. The molecule has 0 radical (unpaired) electrons. The standard InChI is InChI=1S/C26H29N3O6S/c1-15(2)35-25(31)23-16(3)28-26-29(24(23)17-8-9-20(32-4)21(11-17)33-5)18(14-36-26)12-22(30)27-13-19-7-6-10-34-19/h6-11,14-15,24H,12-13H2,1-5H3,(H,27,30). The molecule has 9 nitrogen and oxygen atoms in total. The zero-order valence-electron chi connectivity index (χ0n) is 20.9. The van der Waals surface area contributed by atoms with Crippen LogP contribution in [0.1, 0.15) is 44.6 Å². The second-order valence-corrected chi connectivity index (χ2v) is 9.33. The topological polar surface area (TPSA) is 103 Å². The van der Waals surface area contributed by atoms with Crippen LogP contribution in [0.15, 0.2) is 68.4 Å². The summed E-state index contributed by atoms with van der Waals surface area (Å²) in [5.41, 5.74) is 2.47. The van der Waals surface area contributed by atoms with Crippen LogP contribution in [0.3, 0.4) is 0 Å². The highest BCUT2D eigenvalue weighted by Crippen LogP contribution is 2.46. The average Bonchev–Trinajstić information content (AvgIpc) is 3.51. The molecule has 10 heteroatoms. The number of benzene rings is 1. The van der Waals surface area contributed by atoms with E-state index in [1.807, 2.05) is 22.4 Å². The molecule has 0 saturated carbocycles. The van der Waals surface area contributed by atoms with E-state index in [1.165, 1.54) is 11.8 Å². The molecule has 2 aliphatic heterocycles. The summed E-state index contributed by atoms with van der Waals surface area (Å²) in [6.45, 7) is 5.69. The minimum absolute atomic E-state index is 0.0993. The van der Waals surface area contributed by atoms with Gasteiger partial charge in [0.05, 0.1) is 56.9 Å². The maximum atomic E-state index is 13.3. The van der Waals surface area contributed by atoms with Gasteiger partial charge in [0.2, 0.25) is 5.91 Å². The number of furan rings is 1. The quantitative estimate of drug-likeness (QED) is 0.490. The molecule has 1 amide bonds. The van der Waals surface area contributed by atoms with E-state index in [0.29, 0.717) is 33.7 Å². The van der Waals surface area contributed by atoms with Crippen molar-refractivity contribution in [1.29, 1.82) is 0 Å². The smallest absolute Gasteiger partial charge is 0.338 e. The summed E-state index contributed by atoms with van der Waals surface area (Å²) in [6.07, 6.45) is 1.36. The molecule has 0 fully saturated rings. The number of fused-ring (bicyclic) bond motifs is 1. The van der Waals surface area contributed by atoms with Gasteiger partial charge in [0.15, 0.2) is 16.7 Å². The van der Waals surface area contributed by atoms with Crippen molar-refractivity contribution in [3.63, 3.8) is 0 Å². The summed E-state index contributed by atoms with van der Waals surface area (Å²) in [6, 6.07) is 8.51.